The molecular formula is C10H8BrCl2NO. The number of benzene rings is 1. The highest BCUT2D eigenvalue weighted by Gasteiger charge is 2.07. The summed E-state index contributed by atoms with van der Waals surface area (Å²) in [5.74, 6) is -0.214. The number of carbonyl (C=O) groups is 1. The van der Waals surface area contributed by atoms with E-state index >= 15 is 0 Å². The molecule has 0 saturated heterocycles. The third kappa shape index (κ3) is 3.86. The van der Waals surface area contributed by atoms with Crippen LogP contribution >= 0.6 is 39.1 Å². The average Bonchev–Trinajstić information content (AvgIpc) is 2.18. The summed E-state index contributed by atoms with van der Waals surface area (Å²) in [6.45, 7) is 3.72. The first-order valence-electron chi connectivity index (χ1n) is 4.07. The van der Waals surface area contributed by atoms with Gasteiger partial charge in [0.2, 0.25) is 0 Å². The van der Waals surface area contributed by atoms with Crippen LogP contribution in [0.15, 0.2) is 34.3 Å². The maximum absolute atomic E-state index is 11.5. The molecule has 1 amide bonds. The van der Waals surface area contributed by atoms with Gasteiger partial charge in [-0.15, -0.1) is 0 Å². The van der Waals surface area contributed by atoms with Gasteiger partial charge in [-0.1, -0.05) is 29.8 Å². The van der Waals surface area contributed by atoms with Crippen molar-refractivity contribution in [2.75, 3.05) is 6.54 Å². The van der Waals surface area contributed by atoms with Crippen LogP contribution in [0.3, 0.4) is 0 Å². The summed E-state index contributed by atoms with van der Waals surface area (Å²) in [5, 5.41) is 3.56. The van der Waals surface area contributed by atoms with Crippen molar-refractivity contribution in [1.29, 1.82) is 0 Å². The lowest BCUT2D eigenvalue weighted by molar-refractivity contribution is 0.0957. The van der Waals surface area contributed by atoms with Crippen molar-refractivity contribution < 1.29 is 4.79 Å². The lowest BCUT2D eigenvalue weighted by Crippen LogP contribution is -2.24. The maximum atomic E-state index is 11.5. The second-order valence-corrected chi connectivity index (χ2v) is 4.62. The minimum absolute atomic E-state index is 0.214. The predicted octanol–water partition coefficient (Wildman–Crippen LogP) is 3.58. The van der Waals surface area contributed by atoms with E-state index in [0.717, 1.165) is 0 Å². The van der Waals surface area contributed by atoms with Gasteiger partial charge in [-0.25, -0.2) is 0 Å². The zero-order valence-corrected chi connectivity index (χ0v) is 10.8. The van der Waals surface area contributed by atoms with Crippen molar-refractivity contribution in [3.8, 4) is 0 Å². The van der Waals surface area contributed by atoms with Gasteiger partial charge in [0.05, 0.1) is 11.6 Å². The van der Waals surface area contributed by atoms with Gasteiger partial charge >= 0.3 is 0 Å². The standard InChI is InChI=1S/C10H8BrCl2NO/c1-6(12)5-14-10(15)7-2-3-9(13)8(11)4-7/h2-4H,1,5H2,(H,14,15). The highest BCUT2D eigenvalue weighted by molar-refractivity contribution is 9.10. The van der Waals surface area contributed by atoms with Crippen molar-refractivity contribution >= 4 is 45.0 Å². The molecule has 0 radical (unpaired) electrons. The average molecular weight is 309 g/mol. The molecule has 0 fully saturated rings. The Bertz CT molecular complexity index is 406. The van der Waals surface area contributed by atoms with Gasteiger partial charge < -0.3 is 5.32 Å². The first kappa shape index (κ1) is 12.6. The Labute approximate surface area is 106 Å². The van der Waals surface area contributed by atoms with E-state index in [1.54, 1.807) is 18.2 Å². The number of hydrogen-bond donors (Lipinski definition) is 1. The lowest BCUT2D eigenvalue weighted by atomic mass is 10.2. The van der Waals surface area contributed by atoms with Crippen molar-refractivity contribution in [3.63, 3.8) is 0 Å². The second kappa shape index (κ2) is 5.54. The highest BCUT2D eigenvalue weighted by Crippen LogP contribution is 2.23. The third-order valence-corrected chi connectivity index (χ3v) is 2.97. The van der Waals surface area contributed by atoms with Crippen LogP contribution in [0.5, 0.6) is 0 Å². The quantitative estimate of drug-likeness (QED) is 0.908. The van der Waals surface area contributed by atoms with Crippen LogP contribution in [0.2, 0.25) is 5.02 Å². The number of amides is 1. The van der Waals surface area contributed by atoms with Gasteiger partial charge in [-0.2, -0.15) is 0 Å². The third-order valence-electron chi connectivity index (χ3n) is 1.62. The van der Waals surface area contributed by atoms with Crippen molar-refractivity contribution in [3.05, 3.63) is 44.9 Å². The zero-order valence-electron chi connectivity index (χ0n) is 7.69. The van der Waals surface area contributed by atoms with Crippen molar-refractivity contribution in [1.82, 2.24) is 5.32 Å². The largest absolute Gasteiger partial charge is 0.347 e. The molecule has 0 heterocycles. The van der Waals surface area contributed by atoms with Gasteiger partial charge in [0.1, 0.15) is 0 Å². The molecule has 1 rings (SSSR count). The molecule has 0 bridgehead atoms. The molecule has 1 aromatic carbocycles. The first-order chi connectivity index (χ1) is 7.00. The molecule has 0 aliphatic heterocycles. The number of hydrogen-bond acceptors (Lipinski definition) is 1. The van der Waals surface area contributed by atoms with E-state index in [1.807, 2.05) is 0 Å². The van der Waals surface area contributed by atoms with E-state index in [4.69, 9.17) is 23.2 Å². The Hall–Kier alpha value is -0.510. The zero-order chi connectivity index (χ0) is 11.4. The van der Waals surface area contributed by atoms with Crippen molar-refractivity contribution in [2.45, 2.75) is 0 Å². The molecule has 1 aromatic rings. The Kier molecular flexibility index (Phi) is 4.64. The molecule has 2 nitrogen and oxygen atoms in total. The molecule has 0 aliphatic rings. The van der Waals surface area contributed by atoms with Gasteiger partial charge in [0.15, 0.2) is 0 Å². The van der Waals surface area contributed by atoms with Crippen LogP contribution in [0.4, 0.5) is 0 Å². The van der Waals surface area contributed by atoms with E-state index in [0.29, 0.717) is 20.1 Å². The fraction of sp³-hybridized carbons (Fsp3) is 0.100. The van der Waals surface area contributed by atoms with Crippen LogP contribution < -0.4 is 5.32 Å². The minimum atomic E-state index is -0.214. The van der Waals surface area contributed by atoms with E-state index in [-0.39, 0.29) is 12.5 Å². The van der Waals surface area contributed by atoms with E-state index in [1.165, 1.54) is 0 Å². The van der Waals surface area contributed by atoms with Crippen LogP contribution in [0.25, 0.3) is 0 Å². The summed E-state index contributed by atoms with van der Waals surface area (Å²) >= 11 is 14.6. The number of carbonyl (C=O) groups excluding carboxylic acids is 1. The summed E-state index contributed by atoms with van der Waals surface area (Å²) < 4.78 is 0.682. The molecular weight excluding hydrogens is 301 g/mol. The van der Waals surface area contributed by atoms with E-state index < -0.39 is 0 Å². The van der Waals surface area contributed by atoms with Crippen LogP contribution in [0, 0.1) is 0 Å². The normalized spacial score (nSPS) is 9.80. The molecule has 0 unspecified atom stereocenters. The molecule has 0 spiro atoms. The minimum Gasteiger partial charge on any atom is -0.347 e. The van der Waals surface area contributed by atoms with E-state index in [2.05, 4.69) is 27.8 Å². The van der Waals surface area contributed by atoms with Crippen molar-refractivity contribution in [2.24, 2.45) is 0 Å². The van der Waals surface area contributed by atoms with Gasteiger partial charge in [0, 0.05) is 15.1 Å². The summed E-state index contributed by atoms with van der Waals surface area (Å²) in [7, 11) is 0. The van der Waals surface area contributed by atoms with Gasteiger partial charge in [-0.3, -0.25) is 4.79 Å². The SMILES string of the molecule is C=C(Cl)CNC(=O)c1ccc(Cl)c(Br)c1. The summed E-state index contributed by atoms with van der Waals surface area (Å²) in [5.41, 5.74) is 0.518. The predicted molar refractivity (Wildman–Crippen MR) is 66.5 cm³/mol. The van der Waals surface area contributed by atoms with E-state index in [9.17, 15) is 4.79 Å². The first-order valence-corrected chi connectivity index (χ1v) is 5.62. The van der Waals surface area contributed by atoms with Crippen LogP contribution in [0.1, 0.15) is 10.4 Å². The maximum Gasteiger partial charge on any atom is 0.251 e. The molecule has 0 saturated carbocycles. The smallest absolute Gasteiger partial charge is 0.251 e. The molecule has 1 N–H and O–H groups in total. The van der Waals surface area contributed by atoms with Gasteiger partial charge in [-0.05, 0) is 34.1 Å². The molecule has 0 atom stereocenters. The fourth-order valence-corrected chi connectivity index (χ4v) is 1.48. The van der Waals surface area contributed by atoms with Crippen LogP contribution in [-0.4, -0.2) is 12.5 Å². The molecule has 0 aromatic heterocycles. The molecule has 5 heteroatoms. The summed E-state index contributed by atoms with van der Waals surface area (Å²) in [6, 6.07) is 4.93. The molecule has 0 aliphatic carbocycles. The molecule has 15 heavy (non-hydrogen) atoms. The van der Waals surface area contributed by atoms with Gasteiger partial charge in [0.25, 0.3) is 5.91 Å². The van der Waals surface area contributed by atoms with Crippen LogP contribution in [-0.2, 0) is 0 Å². The summed E-state index contributed by atoms with van der Waals surface area (Å²) in [6.07, 6.45) is 0. The number of halogens is 3. The number of nitrogens with one attached hydrogen (secondary N) is 1. The lowest BCUT2D eigenvalue weighted by Gasteiger charge is -2.04. The second-order valence-electron chi connectivity index (χ2n) is 2.83. The Morgan fingerprint density at radius 3 is 2.73 bits per heavy atom. The monoisotopic (exact) mass is 307 g/mol. The Morgan fingerprint density at radius 1 is 1.53 bits per heavy atom. The number of rotatable bonds is 3. The Morgan fingerprint density at radius 2 is 2.20 bits per heavy atom. The summed E-state index contributed by atoms with van der Waals surface area (Å²) in [4.78, 5) is 11.5. The fourth-order valence-electron chi connectivity index (χ4n) is 0.916. The Balaban J connectivity index is 2.74. The topological polar surface area (TPSA) is 29.1 Å². The highest BCUT2D eigenvalue weighted by atomic mass is 79.9. The molecule has 80 valence electrons.